The predicted molar refractivity (Wildman–Crippen MR) is 105 cm³/mol. The second-order valence-electron chi connectivity index (χ2n) is 4.50. The first-order valence-electron chi connectivity index (χ1n) is 7.15. The van der Waals surface area contributed by atoms with Crippen molar-refractivity contribution in [1.29, 1.82) is 0 Å². The van der Waals surface area contributed by atoms with E-state index in [2.05, 4.69) is 20.9 Å². The lowest BCUT2D eigenvalue weighted by molar-refractivity contribution is -0.116. The van der Waals surface area contributed by atoms with Gasteiger partial charge in [-0.1, -0.05) is 17.7 Å². The van der Waals surface area contributed by atoms with Crippen LogP contribution < -0.4 is 16.0 Å². The average molecular weight is 439 g/mol. The largest absolute Gasteiger partial charge is 0.357 e. The summed E-state index contributed by atoms with van der Waals surface area (Å²) in [6.45, 7) is 7.90. The first-order valence-corrected chi connectivity index (χ1v) is 7.53. The molecule has 7 heteroatoms. The number of benzene rings is 1. The third kappa shape index (κ3) is 7.31. The Morgan fingerprint density at radius 2 is 1.86 bits per heavy atom. The second kappa shape index (κ2) is 11.5. The number of hydrogen-bond acceptors (Lipinski definition) is 2. The van der Waals surface area contributed by atoms with E-state index in [-0.39, 0.29) is 29.9 Å². The molecular weight excluding hydrogens is 415 g/mol. The van der Waals surface area contributed by atoms with Crippen LogP contribution in [0.15, 0.2) is 23.2 Å². The van der Waals surface area contributed by atoms with Gasteiger partial charge in [-0.25, -0.2) is 0 Å². The molecule has 0 aliphatic carbocycles. The molecule has 0 aliphatic heterocycles. The molecular formula is C15H24ClIN4O. The minimum atomic E-state index is -0.0727. The Labute approximate surface area is 154 Å². The van der Waals surface area contributed by atoms with Crippen LogP contribution in [0.25, 0.3) is 0 Å². The number of halogens is 2. The van der Waals surface area contributed by atoms with E-state index in [1.807, 2.05) is 32.9 Å². The fourth-order valence-electron chi connectivity index (χ4n) is 1.73. The van der Waals surface area contributed by atoms with E-state index < -0.39 is 0 Å². The van der Waals surface area contributed by atoms with Crippen LogP contribution in [0.4, 0.5) is 5.69 Å². The quantitative estimate of drug-likeness (QED) is 0.363. The molecule has 124 valence electrons. The van der Waals surface area contributed by atoms with Crippen LogP contribution in [0.1, 0.15) is 25.8 Å². The summed E-state index contributed by atoms with van der Waals surface area (Å²) in [5.41, 5.74) is 1.62. The summed E-state index contributed by atoms with van der Waals surface area (Å²) in [6, 6.07) is 5.46. The first-order chi connectivity index (χ1) is 10.1. The highest BCUT2D eigenvalue weighted by atomic mass is 127. The maximum Gasteiger partial charge on any atom is 0.226 e. The molecule has 0 aliphatic rings. The van der Waals surface area contributed by atoms with Crippen molar-refractivity contribution in [3.8, 4) is 0 Å². The second-order valence-corrected chi connectivity index (χ2v) is 4.91. The molecule has 0 saturated carbocycles. The van der Waals surface area contributed by atoms with E-state index in [0.29, 0.717) is 18.0 Å². The van der Waals surface area contributed by atoms with Crippen molar-refractivity contribution in [2.45, 2.75) is 27.2 Å². The zero-order chi connectivity index (χ0) is 15.7. The van der Waals surface area contributed by atoms with Crippen LogP contribution in [0, 0.1) is 6.92 Å². The van der Waals surface area contributed by atoms with Gasteiger partial charge in [0.1, 0.15) is 0 Å². The van der Waals surface area contributed by atoms with Gasteiger partial charge in [-0.2, -0.15) is 0 Å². The molecule has 0 aromatic heterocycles. The van der Waals surface area contributed by atoms with Crippen molar-refractivity contribution >= 4 is 53.1 Å². The van der Waals surface area contributed by atoms with Gasteiger partial charge in [-0.3, -0.25) is 9.79 Å². The number of aliphatic imine (C=N–C) groups is 1. The van der Waals surface area contributed by atoms with Crippen LogP contribution in [-0.2, 0) is 4.79 Å². The molecule has 0 heterocycles. The van der Waals surface area contributed by atoms with E-state index in [0.717, 1.165) is 30.3 Å². The maximum absolute atomic E-state index is 11.9. The van der Waals surface area contributed by atoms with Crippen LogP contribution in [0.2, 0.25) is 5.02 Å². The molecule has 1 amide bonds. The Morgan fingerprint density at radius 1 is 1.23 bits per heavy atom. The predicted octanol–water partition coefficient (Wildman–Crippen LogP) is 3.17. The number of carbonyl (C=O) groups is 1. The SMILES string of the molecule is CCNC(=NCCC(=O)Nc1cccc(Cl)c1C)NCC.I. The number of guanidine groups is 1. The lowest BCUT2D eigenvalue weighted by atomic mass is 10.2. The van der Waals surface area contributed by atoms with Crippen LogP contribution in [0.3, 0.4) is 0 Å². The fourth-order valence-corrected chi connectivity index (χ4v) is 1.91. The van der Waals surface area contributed by atoms with Crippen LogP contribution in [-0.4, -0.2) is 31.5 Å². The number of carbonyl (C=O) groups excluding carboxylic acids is 1. The molecule has 1 aromatic carbocycles. The summed E-state index contributed by atoms with van der Waals surface area (Å²) < 4.78 is 0. The molecule has 1 rings (SSSR count). The monoisotopic (exact) mass is 438 g/mol. The normalized spacial score (nSPS) is 9.45. The maximum atomic E-state index is 11.9. The minimum absolute atomic E-state index is 0. The molecule has 0 saturated heterocycles. The number of anilines is 1. The highest BCUT2D eigenvalue weighted by Crippen LogP contribution is 2.22. The molecule has 3 N–H and O–H groups in total. The zero-order valence-corrected chi connectivity index (χ0v) is 16.3. The van der Waals surface area contributed by atoms with Gasteiger partial charge in [-0.15, -0.1) is 24.0 Å². The topological polar surface area (TPSA) is 65.5 Å². The van der Waals surface area contributed by atoms with Gasteiger partial charge in [0.15, 0.2) is 5.96 Å². The third-order valence-corrected chi connectivity index (χ3v) is 3.25. The molecule has 0 bridgehead atoms. The van der Waals surface area contributed by atoms with Gasteiger partial charge < -0.3 is 16.0 Å². The van der Waals surface area contributed by atoms with Gasteiger partial charge >= 0.3 is 0 Å². The van der Waals surface area contributed by atoms with E-state index in [4.69, 9.17) is 11.6 Å². The van der Waals surface area contributed by atoms with E-state index in [1.165, 1.54) is 0 Å². The van der Waals surface area contributed by atoms with E-state index in [9.17, 15) is 4.79 Å². The van der Waals surface area contributed by atoms with Crippen LogP contribution >= 0.6 is 35.6 Å². The lowest BCUT2D eigenvalue weighted by Crippen LogP contribution is -2.37. The summed E-state index contributed by atoms with van der Waals surface area (Å²) in [5, 5.41) is 9.73. The summed E-state index contributed by atoms with van der Waals surface area (Å²) >= 11 is 6.02. The van der Waals surface area contributed by atoms with Crippen LogP contribution in [0.5, 0.6) is 0 Å². The Bertz CT molecular complexity index is 500. The molecule has 22 heavy (non-hydrogen) atoms. The molecule has 0 spiro atoms. The average Bonchev–Trinajstić information content (AvgIpc) is 2.44. The Hall–Kier alpha value is -1.02. The third-order valence-electron chi connectivity index (χ3n) is 2.84. The Kier molecular flexibility index (Phi) is 11.0. The number of hydrogen-bond donors (Lipinski definition) is 3. The smallest absolute Gasteiger partial charge is 0.226 e. The van der Waals surface area contributed by atoms with Crippen molar-refractivity contribution in [3.05, 3.63) is 28.8 Å². The Balaban J connectivity index is 0.00000441. The summed E-state index contributed by atoms with van der Waals surface area (Å²) in [6.07, 6.45) is 0.326. The van der Waals surface area contributed by atoms with Gasteiger partial charge in [0.05, 0.1) is 6.54 Å². The van der Waals surface area contributed by atoms with Crippen molar-refractivity contribution in [3.63, 3.8) is 0 Å². The van der Waals surface area contributed by atoms with Crippen molar-refractivity contribution in [2.24, 2.45) is 4.99 Å². The zero-order valence-electron chi connectivity index (χ0n) is 13.2. The highest BCUT2D eigenvalue weighted by molar-refractivity contribution is 14.0. The van der Waals surface area contributed by atoms with Gasteiger partial charge in [0, 0.05) is 30.2 Å². The van der Waals surface area contributed by atoms with Crippen molar-refractivity contribution in [2.75, 3.05) is 25.0 Å². The summed E-state index contributed by atoms with van der Waals surface area (Å²) in [7, 11) is 0. The summed E-state index contributed by atoms with van der Waals surface area (Å²) in [4.78, 5) is 16.2. The van der Waals surface area contributed by atoms with Gasteiger partial charge in [0.25, 0.3) is 0 Å². The van der Waals surface area contributed by atoms with E-state index in [1.54, 1.807) is 6.07 Å². The number of amides is 1. The summed E-state index contributed by atoms with van der Waals surface area (Å²) in [5.74, 6) is 0.656. The molecule has 0 unspecified atom stereocenters. The standard InChI is InChI=1S/C15H23ClN4O.HI/c1-4-17-15(18-5-2)19-10-9-14(21)20-13-8-6-7-12(16)11(13)3;/h6-8H,4-5,9-10H2,1-3H3,(H,20,21)(H2,17,18,19);1H. The number of nitrogens with one attached hydrogen (secondary N) is 3. The number of rotatable bonds is 6. The molecule has 1 aromatic rings. The van der Waals surface area contributed by atoms with Gasteiger partial charge in [0.2, 0.25) is 5.91 Å². The fraction of sp³-hybridized carbons (Fsp3) is 0.467. The lowest BCUT2D eigenvalue weighted by Gasteiger charge is -2.10. The Morgan fingerprint density at radius 3 is 2.45 bits per heavy atom. The van der Waals surface area contributed by atoms with E-state index >= 15 is 0 Å². The molecule has 5 nitrogen and oxygen atoms in total. The first kappa shape index (κ1) is 21.0. The number of nitrogens with zero attached hydrogens (tertiary/aromatic N) is 1. The van der Waals surface area contributed by atoms with Gasteiger partial charge in [-0.05, 0) is 38.5 Å². The van der Waals surface area contributed by atoms with Crippen molar-refractivity contribution in [1.82, 2.24) is 10.6 Å². The minimum Gasteiger partial charge on any atom is -0.357 e. The van der Waals surface area contributed by atoms with Crippen molar-refractivity contribution < 1.29 is 4.79 Å². The highest BCUT2D eigenvalue weighted by Gasteiger charge is 2.06. The molecule has 0 radical (unpaired) electrons. The molecule has 0 fully saturated rings. The molecule has 0 atom stereocenters.